The molecule has 5 rings (SSSR count). The Morgan fingerprint density at radius 1 is 0.538 bits per heavy atom. The summed E-state index contributed by atoms with van der Waals surface area (Å²) in [4.78, 5) is 49.5. The molecule has 0 unspecified atom stereocenters. The third-order valence-electron chi connectivity index (χ3n) is 5.97. The number of rotatable bonds is 2. The zero-order valence-electron chi connectivity index (χ0n) is 24.7. The second kappa shape index (κ2) is 15.6. The quantitative estimate of drug-likeness (QED) is 0.219. The molecule has 0 atom stereocenters. The number of carbonyl (C=O) groups is 4. The Hall–Kier alpha value is -2.96. The summed E-state index contributed by atoms with van der Waals surface area (Å²) in [5.41, 5.74) is 6.87. The van der Waals surface area contributed by atoms with Gasteiger partial charge < -0.3 is 22.3 Å². The summed E-state index contributed by atoms with van der Waals surface area (Å²) >= 11 is 0. The zero-order chi connectivity index (χ0) is 28.0. The second-order valence-corrected chi connectivity index (χ2v) is 7.89. The van der Waals surface area contributed by atoms with Gasteiger partial charge in [0.05, 0.1) is 22.9 Å². The molecule has 39 heavy (non-hydrogen) atoms. The molecule has 3 aromatic carbocycles. The minimum atomic E-state index is -0.504. The predicted molar refractivity (Wildman–Crippen MR) is 156 cm³/mol. The van der Waals surface area contributed by atoms with Crippen molar-refractivity contribution in [3.05, 3.63) is 94.7 Å². The molecule has 2 heterocycles. The molecule has 0 bridgehead atoms. The number of benzene rings is 3. The van der Waals surface area contributed by atoms with Crippen molar-refractivity contribution >= 4 is 23.6 Å². The fourth-order valence-corrected chi connectivity index (χ4v) is 4.24. The summed E-state index contributed by atoms with van der Waals surface area (Å²) < 4.78 is 0. The Morgan fingerprint density at radius 2 is 0.846 bits per heavy atom. The van der Waals surface area contributed by atoms with E-state index in [2.05, 4.69) is 5.32 Å². The van der Waals surface area contributed by atoms with Gasteiger partial charge in [-0.1, -0.05) is 65.8 Å². The molecule has 0 fully saturated rings. The fourth-order valence-electron chi connectivity index (χ4n) is 4.24. The second-order valence-electron chi connectivity index (χ2n) is 7.89. The number of nitrogens with zero attached hydrogens (tertiary/aromatic N) is 2. The molecule has 4 amide bonds. The average Bonchev–Trinajstić information content (AvgIpc) is 3.32. The number of imide groups is 2. The van der Waals surface area contributed by atoms with E-state index in [1.165, 1.54) is 7.05 Å². The zero-order valence-corrected chi connectivity index (χ0v) is 27.6. The van der Waals surface area contributed by atoms with Crippen molar-refractivity contribution in [2.45, 2.75) is 55.4 Å². The van der Waals surface area contributed by atoms with Crippen LogP contribution in [0, 0.1) is 21.3 Å². The van der Waals surface area contributed by atoms with Crippen molar-refractivity contribution in [1.82, 2.24) is 4.90 Å². The first-order valence-electron chi connectivity index (χ1n) is 12.8. The van der Waals surface area contributed by atoms with Crippen molar-refractivity contribution in [2.75, 3.05) is 7.05 Å². The van der Waals surface area contributed by atoms with E-state index < -0.39 is 11.8 Å². The van der Waals surface area contributed by atoms with Gasteiger partial charge in [-0.2, -0.15) is 0 Å². The first-order valence-corrected chi connectivity index (χ1v) is 12.8. The third kappa shape index (κ3) is 6.79. The van der Waals surface area contributed by atoms with Gasteiger partial charge in [-0.15, -0.1) is 0 Å². The molecule has 0 aromatic heterocycles. The number of aryl methyl sites for hydroxylation is 2. The SMILES string of the molecule is CC.CC.CC.Cc1cc2c(cc1-c1ccc(-c3cc4c(cc3C)C(=O)N(C)C4=O)cc1)C(=O)[N-]C2=O.[CH3-].[Y]. The maximum absolute atomic E-state index is 12.4. The van der Waals surface area contributed by atoms with Crippen LogP contribution in [0.2, 0.25) is 0 Å². The van der Waals surface area contributed by atoms with Crippen LogP contribution in [0.4, 0.5) is 0 Å². The summed E-state index contributed by atoms with van der Waals surface area (Å²) in [7, 11) is 1.49. The molecule has 0 aliphatic carbocycles. The Kier molecular flexibility index (Phi) is 14.4. The molecule has 3 aromatic rings. The smallest absolute Gasteiger partial charge is 0.261 e. The Balaban J connectivity index is 0.00000169. The number of fused-ring (bicyclic) bond motifs is 2. The van der Waals surface area contributed by atoms with Gasteiger partial charge in [0.1, 0.15) is 0 Å². The third-order valence-corrected chi connectivity index (χ3v) is 5.97. The van der Waals surface area contributed by atoms with Crippen molar-refractivity contribution < 1.29 is 51.9 Å². The molecule has 0 spiro atoms. The monoisotopic (exact) mass is 603 g/mol. The van der Waals surface area contributed by atoms with Gasteiger partial charge in [-0.05, 0) is 71.5 Å². The first-order chi connectivity index (χ1) is 17.8. The summed E-state index contributed by atoms with van der Waals surface area (Å²) in [5, 5.41) is 3.51. The number of amides is 4. The van der Waals surface area contributed by atoms with Gasteiger partial charge in [0, 0.05) is 50.9 Å². The minimum Gasteiger partial charge on any atom is -0.587 e. The number of hydrogen-bond donors (Lipinski definition) is 0. The van der Waals surface area contributed by atoms with E-state index in [0.29, 0.717) is 22.3 Å². The van der Waals surface area contributed by atoms with Crippen LogP contribution in [-0.2, 0) is 32.7 Å². The van der Waals surface area contributed by atoms with Crippen molar-refractivity contribution in [3.8, 4) is 22.3 Å². The van der Waals surface area contributed by atoms with Crippen LogP contribution in [0.5, 0.6) is 0 Å². The summed E-state index contributed by atoms with van der Waals surface area (Å²) in [6, 6.07) is 14.7. The Bertz CT molecular complexity index is 1360. The Labute approximate surface area is 258 Å². The van der Waals surface area contributed by atoms with E-state index in [0.717, 1.165) is 38.3 Å². The minimum absolute atomic E-state index is 0. The molecule has 1 radical (unpaired) electrons. The van der Waals surface area contributed by atoms with E-state index in [1.54, 1.807) is 24.3 Å². The molecular weight excluding hydrogens is 565 g/mol. The van der Waals surface area contributed by atoms with E-state index >= 15 is 0 Å². The van der Waals surface area contributed by atoms with E-state index in [4.69, 9.17) is 0 Å². The first kappa shape index (κ1) is 36.0. The van der Waals surface area contributed by atoms with Crippen LogP contribution in [0.1, 0.15) is 94.1 Å². The largest absolute Gasteiger partial charge is 0.587 e. The normalized spacial score (nSPS) is 12.2. The number of carbonyl (C=O) groups excluding carboxylic acids is 4. The van der Waals surface area contributed by atoms with Gasteiger partial charge >= 0.3 is 0 Å². The maximum atomic E-state index is 12.4. The predicted octanol–water partition coefficient (Wildman–Crippen LogP) is 8.06. The maximum Gasteiger partial charge on any atom is 0.261 e. The molecule has 2 aliphatic heterocycles. The van der Waals surface area contributed by atoms with Crippen LogP contribution in [-0.4, -0.2) is 35.6 Å². The summed E-state index contributed by atoms with van der Waals surface area (Å²) in [6.45, 7) is 15.8. The van der Waals surface area contributed by atoms with Crippen LogP contribution in [0.3, 0.4) is 0 Å². The average molecular weight is 604 g/mol. The summed E-state index contributed by atoms with van der Waals surface area (Å²) in [5.74, 6) is -1.57. The molecule has 6 nitrogen and oxygen atoms in total. The number of hydrogen-bond acceptors (Lipinski definition) is 4. The molecular formula is C32H38N2O4Y-2. The molecule has 0 N–H and O–H groups in total. The van der Waals surface area contributed by atoms with Gasteiger partial charge in [-0.25, -0.2) is 0 Å². The molecule has 0 saturated carbocycles. The fraction of sp³-hybridized carbons (Fsp3) is 0.281. The topological polar surface area (TPSA) is 85.6 Å². The van der Waals surface area contributed by atoms with E-state index in [9.17, 15) is 19.2 Å². The van der Waals surface area contributed by atoms with Crippen LogP contribution >= 0.6 is 0 Å². The van der Waals surface area contributed by atoms with Gasteiger partial charge in [0.2, 0.25) is 0 Å². The Morgan fingerprint density at radius 3 is 1.26 bits per heavy atom. The van der Waals surface area contributed by atoms with Crippen molar-refractivity contribution in [2.24, 2.45) is 0 Å². The standard InChI is InChI=1S/C25H18N2O4.3C2H6.CH3.Y/c1-12-8-18-19(23(29)26-22(18)28)10-16(12)14-4-6-15(7-5-14)17-11-21-20(9-13(17)2)24(30)27(3)25(21)31;3*1-2;;/h4-11H,1-3H3,(H,26,28,29);3*1-2H3;1H3;/q;;;;-1;/p-1. The van der Waals surface area contributed by atoms with Gasteiger partial charge in [0.25, 0.3) is 11.8 Å². The molecule has 0 saturated heterocycles. The van der Waals surface area contributed by atoms with Crippen LogP contribution in [0.25, 0.3) is 27.6 Å². The van der Waals surface area contributed by atoms with Crippen molar-refractivity contribution in [1.29, 1.82) is 0 Å². The van der Waals surface area contributed by atoms with Gasteiger partial charge in [-0.3, -0.25) is 14.5 Å². The van der Waals surface area contributed by atoms with Crippen LogP contribution in [0.15, 0.2) is 48.5 Å². The molecule has 7 heteroatoms. The van der Waals surface area contributed by atoms with E-state index in [1.807, 2.05) is 79.7 Å². The van der Waals surface area contributed by atoms with Crippen LogP contribution < -0.4 is 0 Å². The van der Waals surface area contributed by atoms with Gasteiger partial charge in [0.15, 0.2) is 0 Å². The summed E-state index contributed by atoms with van der Waals surface area (Å²) in [6.07, 6.45) is 0. The molecule has 2 aliphatic rings. The van der Waals surface area contributed by atoms with Crippen molar-refractivity contribution in [3.63, 3.8) is 0 Å². The molecule has 205 valence electrons. The van der Waals surface area contributed by atoms with E-state index in [-0.39, 0.29) is 52.0 Å².